The Morgan fingerprint density at radius 2 is 2.28 bits per heavy atom. The van der Waals surface area contributed by atoms with Gasteiger partial charge in [0.2, 0.25) is 0 Å². The molecule has 2 atom stereocenters. The molecule has 0 spiro atoms. The fourth-order valence-electron chi connectivity index (χ4n) is 2.26. The Hall–Kier alpha value is -2.09. The van der Waals surface area contributed by atoms with Crippen molar-refractivity contribution in [3.63, 3.8) is 0 Å². The Morgan fingerprint density at radius 3 is 2.83 bits per heavy atom. The molecule has 1 aliphatic rings. The molecule has 0 saturated heterocycles. The van der Waals surface area contributed by atoms with Crippen molar-refractivity contribution in [2.75, 3.05) is 5.32 Å². The lowest BCUT2D eigenvalue weighted by molar-refractivity contribution is -0.141. The summed E-state index contributed by atoms with van der Waals surface area (Å²) in [4.78, 5) is 10.8. The molecule has 2 N–H and O–H groups in total. The van der Waals surface area contributed by atoms with Crippen LogP contribution in [0.1, 0.15) is 24.8 Å². The number of anilines is 1. The van der Waals surface area contributed by atoms with Crippen molar-refractivity contribution in [3.05, 3.63) is 29.6 Å². The fraction of sp³-hybridized carbons (Fsp3) is 0.385. The summed E-state index contributed by atoms with van der Waals surface area (Å²) in [5.74, 6) is -1.61. The lowest BCUT2D eigenvalue weighted by Crippen LogP contribution is -2.18. The third-order valence-corrected chi connectivity index (χ3v) is 3.24. The predicted octanol–water partition coefficient (Wildman–Crippen LogP) is 2.36. The minimum absolute atomic E-state index is 0.0199. The van der Waals surface area contributed by atoms with Gasteiger partial charge < -0.3 is 10.4 Å². The van der Waals surface area contributed by atoms with Gasteiger partial charge >= 0.3 is 5.97 Å². The molecule has 18 heavy (non-hydrogen) atoms. The van der Waals surface area contributed by atoms with Crippen molar-refractivity contribution in [2.24, 2.45) is 5.92 Å². The third kappa shape index (κ3) is 2.59. The van der Waals surface area contributed by atoms with Crippen LogP contribution in [0, 0.1) is 23.1 Å². The lowest BCUT2D eigenvalue weighted by atomic mass is 10.1. The van der Waals surface area contributed by atoms with Crippen LogP contribution in [0.15, 0.2) is 18.2 Å². The van der Waals surface area contributed by atoms with Crippen LogP contribution < -0.4 is 5.32 Å². The van der Waals surface area contributed by atoms with Gasteiger partial charge in [-0.1, -0.05) is 0 Å². The smallest absolute Gasteiger partial charge is 0.306 e. The molecular formula is C13H13FN2O2. The monoisotopic (exact) mass is 248 g/mol. The highest BCUT2D eigenvalue weighted by molar-refractivity contribution is 5.70. The minimum Gasteiger partial charge on any atom is -0.481 e. The summed E-state index contributed by atoms with van der Waals surface area (Å²) in [7, 11) is 0. The van der Waals surface area contributed by atoms with E-state index >= 15 is 0 Å². The highest BCUT2D eigenvalue weighted by Gasteiger charge is 2.29. The quantitative estimate of drug-likeness (QED) is 0.861. The second kappa shape index (κ2) is 5.05. The van der Waals surface area contributed by atoms with Gasteiger partial charge in [0.25, 0.3) is 0 Å². The van der Waals surface area contributed by atoms with Crippen molar-refractivity contribution < 1.29 is 14.3 Å². The molecule has 0 amide bonds. The Morgan fingerprint density at radius 1 is 1.50 bits per heavy atom. The van der Waals surface area contributed by atoms with Gasteiger partial charge in [-0.2, -0.15) is 5.26 Å². The molecule has 1 saturated carbocycles. The molecule has 1 aromatic carbocycles. The first-order chi connectivity index (χ1) is 8.60. The van der Waals surface area contributed by atoms with E-state index in [4.69, 9.17) is 10.4 Å². The molecule has 0 unspecified atom stereocenters. The molecule has 4 nitrogen and oxygen atoms in total. The molecule has 1 aromatic rings. The van der Waals surface area contributed by atoms with Crippen molar-refractivity contribution >= 4 is 11.7 Å². The maximum Gasteiger partial charge on any atom is 0.306 e. The fourth-order valence-corrected chi connectivity index (χ4v) is 2.26. The van der Waals surface area contributed by atoms with Gasteiger partial charge in [-0.25, -0.2) is 4.39 Å². The van der Waals surface area contributed by atoms with Gasteiger partial charge in [0.05, 0.1) is 23.2 Å². The predicted molar refractivity (Wildman–Crippen MR) is 63.5 cm³/mol. The Balaban J connectivity index is 2.03. The van der Waals surface area contributed by atoms with E-state index in [0.717, 1.165) is 6.42 Å². The number of hydrogen-bond donors (Lipinski definition) is 2. The number of carboxylic acids is 1. The first-order valence-electron chi connectivity index (χ1n) is 5.79. The van der Waals surface area contributed by atoms with Crippen LogP contribution in [-0.4, -0.2) is 17.1 Å². The number of hydrogen-bond acceptors (Lipinski definition) is 3. The van der Waals surface area contributed by atoms with Gasteiger partial charge in [0, 0.05) is 6.04 Å². The second-order valence-corrected chi connectivity index (χ2v) is 4.50. The van der Waals surface area contributed by atoms with E-state index < -0.39 is 11.8 Å². The molecule has 94 valence electrons. The number of aliphatic carboxylic acids is 1. The molecular weight excluding hydrogens is 235 g/mol. The van der Waals surface area contributed by atoms with Crippen molar-refractivity contribution in [3.8, 4) is 6.07 Å². The van der Waals surface area contributed by atoms with Crippen LogP contribution in [-0.2, 0) is 4.79 Å². The zero-order valence-electron chi connectivity index (χ0n) is 9.69. The molecule has 0 radical (unpaired) electrons. The summed E-state index contributed by atoms with van der Waals surface area (Å²) in [5, 5.41) is 20.5. The first kappa shape index (κ1) is 12.4. The molecule has 2 rings (SSSR count). The van der Waals surface area contributed by atoms with Gasteiger partial charge in [0.15, 0.2) is 0 Å². The molecule has 0 aliphatic heterocycles. The van der Waals surface area contributed by atoms with Crippen LogP contribution in [0.25, 0.3) is 0 Å². The van der Waals surface area contributed by atoms with E-state index in [1.54, 1.807) is 0 Å². The van der Waals surface area contributed by atoms with Crippen molar-refractivity contribution in [1.82, 2.24) is 0 Å². The zero-order chi connectivity index (χ0) is 13.1. The SMILES string of the molecule is N#Cc1ccc(N[C@H]2CC[C@@H](C(=O)O)C2)c(F)c1. The standard InChI is InChI=1S/C13H13FN2O2/c14-11-5-8(7-15)1-4-12(11)16-10-3-2-9(6-10)13(17)18/h1,4-5,9-10,16H,2-3,6H2,(H,17,18)/t9-,10+/m1/s1. The number of nitrogens with zero attached hydrogens (tertiary/aromatic N) is 1. The Bertz CT molecular complexity index is 510. The molecule has 0 bridgehead atoms. The van der Waals surface area contributed by atoms with E-state index in [1.807, 2.05) is 6.07 Å². The lowest BCUT2D eigenvalue weighted by Gasteiger charge is -2.14. The van der Waals surface area contributed by atoms with Crippen molar-refractivity contribution in [2.45, 2.75) is 25.3 Å². The molecule has 0 heterocycles. The maximum absolute atomic E-state index is 13.6. The number of nitrogens with one attached hydrogen (secondary N) is 1. The van der Waals surface area contributed by atoms with E-state index in [-0.39, 0.29) is 17.5 Å². The Labute approximate surface area is 104 Å². The third-order valence-electron chi connectivity index (χ3n) is 3.24. The topological polar surface area (TPSA) is 73.1 Å². The maximum atomic E-state index is 13.6. The van der Waals surface area contributed by atoms with Crippen LogP contribution in [0.3, 0.4) is 0 Å². The van der Waals surface area contributed by atoms with E-state index in [0.29, 0.717) is 18.5 Å². The summed E-state index contributed by atoms with van der Waals surface area (Å²) in [5.41, 5.74) is 0.595. The van der Waals surface area contributed by atoms with Crippen LogP contribution in [0.2, 0.25) is 0 Å². The van der Waals surface area contributed by atoms with Gasteiger partial charge in [0.1, 0.15) is 5.82 Å². The normalized spacial score (nSPS) is 22.4. The Kier molecular flexibility index (Phi) is 3.47. The first-order valence-corrected chi connectivity index (χ1v) is 5.79. The van der Waals surface area contributed by atoms with Gasteiger partial charge in [-0.05, 0) is 37.5 Å². The second-order valence-electron chi connectivity index (χ2n) is 4.50. The van der Waals surface area contributed by atoms with Gasteiger partial charge in [-0.3, -0.25) is 4.79 Å². The summed E-state index contributed by atoms with van der Waals surface area (Å²) in [6, 6.07) is 6.07. The molecule has 5 heteroatoms. The summed E-state index contributed by atoms with van der Waals surface area (Å²) in [6.07, 6.45) is 1.84. The summed E-state index contributed by atoms with van der Waals surface area (Å²) < 4.78 is 13.6. The molecule has 0 aromatic heterocycles. The van der Waals surface area contributed by atoms with Crippen molar-refractivity contribution in [1.29, 1.82) is 5.26 Å². The van der Waals surface area contributed by atoms with E-state index in [1.165, 1.54) is 18.2 Å². The molecule has 1 fully saturated rings. The number of carbonyl (C=O) groups is 1. The largest absolute Gasteiger partial charge is 0.481 e. The van der Waals surface area contributed by atoms with Gasteiger partial charge in [-0.15, -0.1) is 0 Å². The summed E-state index contributed by atoms with van der Waals surface area (Å²) in [6.45, 7) is 0. The highest BCUT2D eigenvalue weighted by atomic mass is 19.1. The van der Waals surface area contributed by atoms with Crippen LogP contribution in [0.4, 0.5) is 10.1 Å². The zero-order valence-corrected chi connectivity index (χ0v) is 9.69. The highest BCUT2D eigenvalue weighted by Crippen LogP contribution is 2.29. The average molecular weight is 248 g/mol. The number of rotatable bonds is 3. The van der Waals surface area contributed by atoms with Crippen LogP contribution in [0.5, 0.6) is 0 Å². The number of nitriles is 1. The number of carboxylic acid groups (broad SMARTS) is 1. The number of benzene rings is 1. The van der Waals surface area contributed by atoms with E-state index in [9.17, 15) is 9.18 Å². The van der Waals surface area contributed by atoms with Crippen LogP contribution >= 0.6 is 0 Å². The number of halogens is 1. The minimum atomic E-state index is -0.792. The summed E-state index contributed by atoms with van der Waals surface area (Å²) >= 11 is 0. The average Bonchev–Trinajstić information content (AvgIpc) is 2.80. The molecule has 1 aliphatic carbocycles. The van der Waals surface area contributed by atoms with E-state index in [2.05, 4.69) is 5.32 Å².